The second-order valence-corrected chi connectivity index (χ2v) is 2.76. The molecule has 0 spiro atoms. The van der Waals surface area contributed by atoms with Gasteiger partial charge in [-0.15, -0.1) is 0 Å². The van der Waals surface area contributed by atoms with E-state index >= 15 is 0 Å². The van der Waals surface area contributed by atoms with Crippen LogP contribution in [0, 0.1) is 0 Å². The molecule has 6 nitrogen and oxygen atoms in total. The minimum absolute atomic E-state index is 0. The zero-order valence-corrected chi connectivity index (χ0v) is 9.48. The monoisotopic (exact) mass is 250 g/mol. The summed E-state index contributed by atoms with van der Waals surface area (Å²) in [7, 11) is 0. The molecule has 2 aromatic rings. The van der Waals surface area contributed by atoms with Crippen LogP contribution in [0.3, 0.4) is 0 Å². The van der Waals surface area contributed by atoms with Crippen molar-refractivity contribution in [1.29, 1.82) is 0 Å². The van der Waals surface area contributed by atoms with E-state index in [0.29, 0.717) is 0 Å². The van der Waals surface area contributed by atoms with Crippen LogP contribution in [0.5, 0.6) is 0 Å². The summed E-state index contributed by atoms with van der Waals surface area (Å²) in [5, 5.41) is 0. The van der Waals surface area contributed by atoms with Gasteiger partial charge in [0.2, 0.25) is 0 Å². The van der Waals surface area contributed by atoms with E-state index in [1.807, 2.05) is 0 Å². The van der Waals surface area contributed by atoms with Gasteiger partial charge in [0, 0.05) is 12.4 Å². The molecule has 0 aromatic carbocycles. The first-order valence-corrected chi connectivity index (χ1v) is 4.60. The lowest BCUT2D eigenvalue weighted by molar-refractivity contribution is 0.823. The third-order valence-corrected chi connectivity index (χ3v) is 1.49. The highest BCUT2D eigenvalue weighted by atomic mass is 16.1. The molecule has 2 heterocycles. The van der Waals surface area contributed by atoms with E-state index in [4.69, 9.17) is 0 Å². The molecule has 0 radical (unpaired) electrons. The SMILES string of the molecule is O.O.O=c1ccccnc1.O=c1ccccnc1. The van der Waals surface area contributed by atoms with Crippen molar-refractivity contribution in [2.45, 2.75) is 0 Å². The number of hydrogen-bond donors (Lipinski definition) is 0. The van der Waals surface area contributed by atoms with Gasteiger partial charge in [0.05, 0.1) is 12.4 Å². The fourth-order valence-corrected chi connectivity index (χ4v) is 0.819. The molecule has 96 valence electrons. The second kappa shape index (κ2) is 11.1. The molecule has 18 heavy (non-hydrogen) atoms. The van der Waals surface area contributed by atoms with E-state index in [2.05, 4.69) is 9.97 Å². The minimum Gasteiger partial charge on any atom is -0.412 e. The molecular weight excluding hydrogens is 236 g/mol. The summed E-state index contributed by atoms with van der Waals surface area (Å²) in [6.07, 6.45) is 5.70. The van der Waals surface area contributed by atoms with Crippen LogP contribution in [0.15, 0.2) is 70.8 Å². The smallest absolute Gasteiger partial charge is 0.196 e. The average molecular weight is 250 g/mol. The molecule has 2 rings (SSSR count). The summed E-state index contributed by atoms with van der Waals surface area (Å²) in [6.45, 7) is 0. The quantitative estimate of drug-likeness (QED) is 0.609. The van der Waals surface area contributed by atoms with Crippen molar-refractivity contribution in [2.24, 2.45) is 0 Å². The van der Waals surface area contributed by atoms with Gasteiger partial charge in [-0.1, -0.05) is 12.1 Å². The van der Waals surface area contributed by atoms with Crippen LogP contribution in [0.2, 0.25) is 0 Å². The van der Waals surface area contributed by atoms with Gasteiger partial charge in [-0.2, -0.15) is 0 Å². The predicted octanol–water partition coefficient (Wildman–Crippen LogP) is -0.766. The van der Waals surface area contributed by atoms with Gasteiger partial charge in [0.1, 0.15) is 0 Å². The molecule has 0 saturated heterocycles. The Morgan fingerprint density at radius 2 is 1.06 bits per heavy atom. The van der Waals surface area contributed by atoms with Crippen molar-refractivity contribution < 1.29 is 11.0 Å². The lowest BCUT2D eigenvalue weighted by Crippen LogP contribution is -1.89. The van der Waals surface area contributed by atoms with E-state index in [-0.39, 0.29) is 21.8 Å². The van der Waals surface area contributed by atoms with Crippen molar-refractivity contribution in [3.8, 4) is 0 Å². The average Bonchev–Trinajstić information content (AvgIpc) is 2.64. The summed E-state index contributed by atoms with van der Waals surface area (Å²) >= 11 is 0. The standard InChI is InChI=1S/2C6H5NO.2H2O/c2*8-6-3-1-2-4-7-5-6;;/h2*1-5H;2*1H2. The van der Waals surface area contributed by atoms with Crippen LogP contribution >= 0.6 is 0 Å². The third kappa shape index (κ3) is 8.84. The molecule has 0 saturated carbocycles. The number of nitrogens with zero attached hydrogens (tertiary/aromatic N) is 2. The van der Waals surface area contributed by atoms with Crippen LogP contribution in [-0.2, 0) is 0 Å². The van der Waals surface area contributed by atoms with Crippen LogP contribution in [0.25, 0.3) is 0 Å². The first-order valence-electron chi connectivity index (χ1n) is 4.60. The minimum atomic E-state index is -0.0602. The van der Waals surface area contributed by atoms with E-state index < -0.39 is 0 Å². The van der Waals surface area contributed by atoms with Gasteiger partial charge in [-0.3, -0.25) is 19.6 Å². The summed E-state index contributed by atoms with van der Waals surface area (Å²) in [5.74, 6) is 0. The Balaban J connectivity index is 0. The molecule has 0 aliphatic carbocycles. The van der Waals surface area contributed by atoms with Crippen molar-refractivity contribution in [3.63, 3.8) is 0 Å². The maximum Gasteiger partial charge on any atom is 0.196 e. The second-order valence-electron chi connectivity index (χ2n) is 2.76. The maximum absolute atomic E-state index is 10.4. The Bertz CT molecular complexity index is 454. The van der Waals surface area contributed by atoms with Crippen LogP contribution in [-0.4, -0.2) is 20.9 Å². The lowest BCUT2D eigenvalue weighted by atomic mass is 10.5. The highest BCUT2D eigenvalue weighted by Crippen LogP contribution is 1.68. The Morgan fingerprint density at radius 3 is 1.44 bits per heavy atom. The number of hydrogen-bond acceptors (Lipinski definition) is 4. The molecule has 0 atom stereocenters. The molecule has 0 fully saturated rings. The van der Waals surface area contributed by atoms with Gasteiger partial charge in [-0.25, -0.2) is 0 Å². The van der Waals surface area contributed by atoms with E-state index in [1.54, 1.807) is 36.7 Å². The van der Waals surface area contributed by atoms with Crippen LogP contribution in [0.4, 0.5) is 0 Å². The zero-order chi connectivity index (χ0) is 11.6. The highest BCUT2D eigenvalue weighted by molar-refractivity contribution is 4.92. The van der Waals surface area contributed by atoms with E-state index in [1.165, 1.54) is 24.5 Å². The molecule has 0 unspecified atom stereocenters. The number of aromatic nitrogens is 2. The highest BCUT2D eigenvalue weighted by Gasteiger charge is 1.71. The van der Waals surface area contributed by atoms with Crippen LogP contribution < -0.4 is 10.9 Å². The zero-order valence-electron chi connectivity index (χ0n) is 9.48. The Kier molecular flexibility index (Phi) is 11.0. The van der Waals surface area contributed by atoms with Gasteiger partial charge >= 0.3 is 0 Å². The van der Waals surface area contributed by atoms with Crippen molar-refractivity contribution in [1.82, 2.24) is 9.97 Å². The fourth-order valence-electron chi connectivity index (χ4n) is 0.819. The first kappa shape index (κ1) is 17.9. The molecule has 2 aromatic heterocycles. The molecule has 0 bridgehead atoms. The summed E-state index contributed by atoms with van der Waals surface area (Å²) in [4.78, 5) is 28.1. The summed E-state index contributed by atoms with van der Waals surface area (Å²) in [6, 6.07) is 9.67. The topological polar surface area (TPSA) is 123 Å². The lowest BCUT2D eigenvalue weighted by Gasteiger charge is -1.56. The first-order chi connectivity index (χ1) is 7.79. The summed E-state index contributed by atoms with van der Waals surface area (Å²) < 4.78 is 0. The Labute approximate surface area is 103 Å². The third-order valence-electron chi connectivity index (χ3n) is 1.49. The van der Waals surface area contributed by atoms with Gasteiger partial charge in [-0.05, 0) is 24.3 Å². The summed E-state index contributed by atoms with van der Waals surface area (Å²) in [5.41, 5.74) is -0.120. The molecule has 0 aliphatic rings. The normalized spacial score (nSPS) is 7.56. The molecule has 4 N–H and O–H groups in total. The van der Waals surface area contributed by atoms with Gasteiger partial charge < -0.3 is 11.0 Å². The van der Waals surface area contributed by atoms with Crippen molar-refractivity contribution >= 4 is 0 Å². The van der Waals surface area contributed by atoms with Gasteiger partial charge in [0.15, 0.2) is 10.9 Å². The number of rotatable bonds is 0. The predicted molar refractivity (Wildman–Crippen MR) is 68.2 cm³/mol. The Morgan fingerprint density at radius 1 is 0.667 bits per heavy atom. The molecule has 0 amide bonds. The maximum atomic E-state index is 10.4. The molecule has 0 aliphatic heterocycles. The largest absolute Gasteiger partial charge is 0.412 e. The Hall–Kier alpha value is -2.44. The van der Waals surface area contributed by atoms with Gasteiger partial charge in [0.25, 0.3) is 0 Å². The fraction of sp³-hybridized carbons (Fsp3) is 0. The molecule has 6 heteroatoms. The van der Waals surface area contributed by atoms with Crippen molar-refractivity contribution in [3.05, 3.63) is 81.6 Å². The van der Waals surface area contributed by atoms with Crippen LogP contribution in [0.1, 0.15) is 0 Å². The van der Waals surface area contributed by atoms with E-state index in [0.717, 1.165) is 0 Å². The molecular formula is C12H14N2O4. The van der Waals surface area contributed by atoms with Crippen molar-refractivity contribution in [2.75, 3.05) is 0 Å². The van der Waals surface area contributed by atoms with E-state index in [9.17, 15) is 9.59 Å².